The monoisotopic (exact) mass is 246 g/mol. The molecule has 0 rings (SSSR count). The molecule has 5 nitrogen and oxygen atoms in total. The molecule has 0 aliphatic rings. The summed E-state index contributed by atoms with van der Waals surface area (Å²) in [5.41, 5.74) is 0. The minimum atomic E-state index is -0.172. The van der Waals surface area contributed by atoms with Gasteiger partial charge in [0, 0.05) is 6.42 Å². The van der Waals surface area contributed by atoms with Crippen LogP contribution in [0.15, 0.2) is 12.8 Å². The molecule has 17 heavy (non-hydrogen) atoms. The van der Waals surface area contributed by atoms with Crippen LogP contribution >= 0.6 is 0 Å². The van der Waals surface area contributed by atoms with Crippen LogP contribution in [0.4, 0.5) is 0 Å². The predicted molar refractivity (Wildman–Crippen MR) is 63.7 cm³/mol. The van der Waals surface area contributed by atoms with E-state index in [1.54, 1.807) is 0 Å². The van der Waals surface area contributed by atoms with E-state index < -0.39 is 0 Å². The summed E-state index contributed by atoms with van der Waals surface area (Å²) in [5, 5.41) is 0. The Morgan fingerprint density at radius 2 is 1.65 bits per heavy atom. The van der Waals surface area contributed by atoms with Gasteiger partial charge in [-0.15, -0.1) is 0 Å². The molecule has 0 bridgehead atoms. The summed E-state index contributed by atoms with van der Waals surface area (Å²) in [6.07, 6.45) is 2.65. The minimum Gasteiger partial charge on any atom is -0.499 e. The molecular formula is C12H22O5. The van der Waals surface area contributed by atoms with Gasteiger partial charge in [-0.25, -0.2) is 0 Å². The molecule has 0 aromatic heterocycles. The first-order valence-electron chi connectivity index (χ1n) is 5.84. The summed E-state index contributed by atoms with van der Waals surface area (Å²) < 4.78 is 20.2. The van der Waals surface area contributed by atoms with Gasteiger partial charge in [0.1, 0.15) is 13.2 Å². The molecule has 0 aliphatic heterocycles. The zero-order valence-electron chi connectivity index (χ0n) is 10.5. The van der Waals surface area contributed by atoms with Gasteiger partial charge in [-0.1, -0.05) is 13.5 Å². The lowest BCUT2D eigenvalue weighted by Gasteiger charge is -2.06. The number of carbonyl (C=O) groups excluding carboxylic acids is 1. The maximum Gasteiger partial charge on any atom is 0.305 e. The van der Waals surface area contributed by atoms with Gasteiger partial charge in [0.15, 0.2) is 0 Å². The number of hydrogen-bond acceptors (Lipinski definition) is 5. The normalized spacial score (nSPS) is 9.94. The van der Waals surface area contributed by atoms with Crippen molar-refractivity contribution >= 4 is 5.97 Å². The molecule has 0 aliphatic carbocycles. The van der Waals surface area contributed by atoms with Crippen LogP contribution in [0.25, 0.3) is 0 Å². The highest BCUT2D eigenvalue weighted by Crippen LogP contribution is 1.91. The third-order valence-corrected chi connectivity index (χ3v) is 1.78. The van der Waals surface area contributed by atoms with E-state index >= 15 is 0 Å². The molecule has 0 atom stereocenters. The minimum absolute atomic E-state index is 0.172. The molecular weight excluding hydrogens is 224 g/mol. The highest BCUT2D eigenvalue weighted by molar-refractivity contribution is 5.69. The summed E-state index contributed by atoms with van der Waals surface area (Å²) >= 11 is 0. The SMILES string of the molecule is C=COCCOCCOCCOC(=O)CCC. The van der Waals surface area contributed by atoms with E-state index in [0.29, 0.717) is 46.1 Å². The predicted octanol–water partition coefficient (Wildman–Crippen LogP) is 1.52. The Labute approximate surface area is 103 Å². The van der Waals surface area contributed by atoms with Gasteiger partial charge < -0.3 is 18.9 Å². The van der Waals surface area contributed by atoms with Crippen LogP contribution in [0.1, 0.15) is 19.8 Å². The van der Waals surface area contributed by atoms with Crippen molar-refractivity contribution in [1.29, 1.82) is 0 Å². The van der Waals surface area contributed by atoms with Crippen LogP contribution in [0.3, 0.4) is 0 Å². The molecule has 0 spiro atoms. The van der Waals surface area contributed by atoms with Crippen molar-refractivity contribution < 1.29 is 23.7 Å². The third-order valence-electron chi connectivity index (χ3n) is 1.78. The van der Waals surface area contributed by atoms with Crippen LogP contribution < -0.4 is 0 Å². The molecule has 0 N–H and O–H groups in total. The van der Waals surface area contributed by atoms with Gasteiger partial charge in [0.05, 0.1) is 32.7 Å². The Morgan fingerprint density at radius 3 is 2.24 bits per heavy atom. The van der Waals surface area contributed by atoms with E-state index in [1.807, 2.05) is 6.92 Å². The van der Waals surface area contributed by atoms with E-state index in [4.69, 9.17) is 18.9 Å². The number of carbonyl (C=O) groups is 1. The van der Waals surface area contributed by atoms with E-state index in [9.17, 15) is 4.79 Å². The summed E-state index contributed by atoms with van der Waals surface area (Å²) in [6.45, 7) is 8.06. The van der Waals surface area contributed by atoms with Gasteiger partial charge in [-0.2, -0.15) is 0 Å². The van der Waals surface area contributed by atoms with Gasteiger partial charge >= 0.3 is 5.97 Å². The molecule has 0 saturated carbocycles. The topological polar surface area (TPSA) is 54.0 Å². The van der Waals surface area contributed by atoms with E-state index in [-0.39, 0.29) is 5.97 Å². The largest absolute Gasteiger partial charge is 0.499 e. The lowest BCUT2D eigenvalue weighted by molar-refractivity contribution is -0.145. The van der Waals surface area contributed by atoms with Crippen molar-refractivity contribution in [1.82, 2.24) is 0 Å². The molecule has 0 heterocycles. The number of ether oxygens (including phenoxy) is 4. The van der Waals surface area contributed by atoms with Crippen molar-refractivity contribution in [3.8, 4) is 0 Å². The van der Waals surface area contributed by atoms with E-state index in [2.05, 4.69) is 6.58 Å². The van der Waals surface area contributed by atoms with Crippen LogP contribution in [0.5, 0.6) is 0 Å². The highest BCUT2D eigenvalue weighted by Gasteiger charge is 1.99. The maximum atomic E-state index is 11.0. The molecule has 0 saturated heterocycles. The Kier molecular flexibility index (Phi) is 12.2. The number of hydrogen-bond donors (Lipinski definition) is 0. The van der Waals surface area contributed by atoms with E-state index in [0.717, 1.165) is 6.42 Å². The summed E-state index contributed by atoms with van der Waals surface area (Å²) in [6, 6.07) is 0. The molecule has 100 valence electrons. The van der Waals surface area contributed by atoms with E-state index in [1.165, 1.54) is 6.26 Å². The molecule has 0 fully saturated rings. The van der Waals surface area contributed by atoms with Crippen molar-refractivity contribution in [2.45, 2.75) is 19.8 Å². The van der Waals surface area contributed by atoms with Crippen molar-refractivity contribution in [3.05, 3.63) is 12.8 Å². The van der Waals surface area contributed by atoms with Gasteiger partial charge in [0.25, 0.3) is 0 Å². The zero-order valence-corrected chi connectivity index (χ0v) is 10.5. The van der Waals surface area contributed by atoms with Crippen molar-refractivity contribution in [2.75, 3.05) is 39.6 Å². The fraction of sp³-hybridized carbons (Fsp3) is 0.750. The molecule has 0 aromatic rings. The molecule has 0 amide bonds. The summed E-state index contributed by atoms with van der Waals surface area (Å²) in [4.78, 5) is 11.0. The summed E-state index contributed by atoms with van der Waals surface area (Å²) in [5.74, 6) is -0.172. The highest BCUT2D eigenvalue weighted by atomic mass is 16.6. The molecule has 0 aromatic carbocycles. The second-order valence-corrected chi connectivity index (χ2v) is 3.23. The van der Waals surface area contributed by atoms with Crippen LogP contribution in [0, 0.1) is 0 Å². The number of esters is 1. The second-order valence-electron chi connectivity index (χ2n) is 3.23. The summed E-state index contributed by atoms with van der Waals surface area (Å²) in [7, 11) is 0. The van der Waals surface area contributed by atoms with Gasteiger partial charge in [-0.3, -0.25) is 4.79 Å². The average Bonchev–Trinajstić information content (AvgIpc) is 2.32. The molecule has 5 heteroatoms. The number of rotatable bonds is 12. The van der Waals surface area contributed by atoms with Crippen LogP contribution in [0.2, 0.25) is 0 Å². The maximum absolute atomic E-state index is 11.0. The average molecular weight is 246 g/mol. The lowest BCUT2D eigenvalue weighted by atomic mass is 10.3. The Bertz CT molecular complexity index is 193. The van der Waals surface area contributed by atoms with Crippen LogP contribution in [-0.2, 0) is 23.7 Å². The molecule has 0 unspecified atom stereocenters. The lowest BCUT2D eigenvalue weighted by Crippen LogP contribution is -2.13. The van der Waals surface area contributed by atoms with Crippen LogP contribution in [-0.4, -0.2) is 45.6 Å². The Hall–Kier alpha value is -1.07. The first kappa shape index (κ1) is 15.9. The fourth-order valence-electron chi connectivity index (χ4n) is 1.00. The first-order valence-corrected chi connectivity index (χ1v) is 5.84. The van der Waals surface area contributed by atoms with Crippen molar-refractivity contribution in [3.63, 3.8) is 0 Å². The zero-order chi connectivity index (χ0) is 12.8. The first-order chi connectivity index (χ1) is 8.31. The Balaban J connectivity index is 3.03. The Morgan fingerprint density at radius 1 is 1.06 bits per heavy atom. The van der Waals surface area contributed by atoms with Crippen molar-refractivity contribution in [2.24, 2.45) is 0 Å². The second kappa shape index (κ2) is 13.0. The van der Waals surface area contributed by atoms with Gasteiger partial charge in [-0.05, 0) is 6.42 Å². The quantitative estimate of drug-likeness (QED) is 0.297. The van der Waals surface area contributed by atoms with Gasteiger partial charge in [0.2, 0.25) is 0 Å². The third kappa shape index (κ3) is 12.9. The smallest absolute Gasteiger partial charge is 0.305 e. The fourth-order valence-corrected chi connectivity index (χ4v) is 1.00. The molecule has 0 radical (unpaired) electrons. The standard InChI is InChI=1S/C12H22O5/c1-3-5-12(13)17-11-10-16-9-8-15-7-6-14-4-2/h4H,2-3,5-11H2,1H3.